The van der Waals surface area contributed by atoms with Crippen LogP contribution in [0, 0.1) is 0 Å². The lowest BCUT2D eigenvalue weighted by atomic mass is 10.1. The molecule has 0 radical (unpaired) electrons. The molecule has 6 nitrogen and oxygen atoms in total. The lowest BCUT2D eigenvalue weighted by Gasteiger charge is -2.08. The second kappa shape index (κ2) is 7.36. The molecule has 0 aliphatic carbocycles. The molecule has 4 aromatic rings. The zero-order chi connectivity index (χ0) is 19.5. The number of hydrogen-bond acceptors (Lipinski definition) is 4. The molecule has 138 valence electrons. The van der Waals surface area contributed by atoms with Crippen LogP contribution < -0.4 is 10.6 Å². The van der Waals surface area contributed by atoms with Gasteiger partial charge < -0.3 is 15.1 Å². The van der Waals surface area contributed by atoms with Crippen molar-refractivity contribution in [3.63, 3.8) is 0 Å². The summed E-state index contributed by atoms with van der Waals surface area (Å²) in [5, 5.41) is 5.51. The molecule has 1 heterocycles. The van der Waals surface area contributed by atoms with Gasteiger partial charge in [0.2, 0.25) is 11.8 Å². The summed E-state index contributed by atoms with van der Waals surface area (Å²) in [5.74, 6) is 0.0799. The van der Waals surface area contributed by atoms with Gasteiger partial charge in [0.05, 0.1) is 0 Å². The minimum Gasteiger partial charge on any atom is -0.436 e. The Bertz CT molecular complexity index is 1130. The van der Waals surface area contributed by atoms with Gasteiger partial charge in [0.25, 0.3) is 5.91 Å². The van der Waals surface area contributed by atoms with E-state index in [1.54, 1.807) is 36.4 Å². The molecule has 6 heteroatoms. The summed E-state index contributed by atoms with van der Waals surface area (Å²) >= 11 is 0. The molecule has 0 bridgehead atoms. The summed E-state index contributed by atoms with van der Waals surface area (Å²) in [6, 6.07) is 21.6. The number of anilines is 2. The monoisotopic (exact) mass is 371 g/mol. The maximum absolute atomic E-state index is 12.5. The number of carbonyl (C=O) groups excluding carboxylic acids is 2. The zero-order valence-corrected chi connectivity index (χ0v) is 15.1. The van der Waals surface area contributed by atoms with E-state index in [0.717, 1.165) is 16.7 Å². The molecule has 2 N–H and O–H groups in total. The minimum atomic E-state index is -0.262. The van der Waals surface area contributed by atoms with Crippen molar-refractivity contribution in [3.8, 4) is 11.5 Å². The summed E-state index contributed by atoms with van der Waals surface area (Å²) in [7, 11) is 0. The van der Waals surface area contributed by atoms with E-state index in [0.29, 0.717) is 22.8 Å². The van der Waals surface area contributed by atoms with Gasteiger partial charge in [-0.2, -0.15) is 0 Å². The fourth-order valence-corrected chi connectivity index (χ4v) is 2.84. The van der Waals surface area contributed by atoms with E-state index < -0.39 is 0 Å². The third kappa shape index (κ3) is 3.76. The third-order valence-electron chi connectivity index (χ3n) is 4.13. The van der Waals surface area contributed by atoms with Crippen molar-refractivity contribution < 1.29 is 14.0 Å². The Labute approximate surface area is 161 Å². The van der Waals surface area contributed by atoms with E-state index in [4.69, 9.17) is 4.42 Å². The van der Waals surface area contributed by atoms with Crippen LogP contribution in [0.15, 0.2) is 77.2 Å². The lowest BCUT2D eigenvalue weighted by Crippen LogP contribution is -2.13. The van der Waals surface area contributed by atoms with Gasteiger partial charge in [-0.3, -0.25) is 9.59 Å². The molecule has 0 atom stereocenters. The Morgan fingerprint density at radius 3 is 2.39 bits per heavy atom. The fourth-order valence-electron chi connectivity index (χ4n) is 2.84. The molecule has 4 rings (SSSR count). The van der Waals surface area contributed by atoms with E-state index >= 15 is 0 Å². The van der Waals surface area contributed by atoms with Gasteiger partial charge >= 0.3 is 0 Å². The maximum atomic E-state index is 12.5. The van der Waals surface area contributed by atoms with Crippen molar-refractivity contribution in [2.24, 2.45) is 0 Å². The Kier molecular flexibility index (Phi) is 4.60. The highest BCUT2D eigenvalue weighted by Crippen LogP contribution is 2.25. The van der Waals surface area contributed by atoms with Crippen LogP contribution in [-0.2, 0) is 4.79 Å². The third-order valence-corrected chi connectivity index (χ3v) is 4.13. The number of para-hydroxylation sites is 2. The van der Waals surface area contributed by atoms with E-state index in [1.807, 2.05) is 36.4 Å². The Morgan fingerprint density at radius 2 is 1.64 bits per heavy atom. The minimum absolute atomic E-state index is 0.188. The van der Waals surface area contributed by atoms with Gasteiger partial charge in [-0.15, -0.1) is 0 Å². The van der Waals surface area contributed by atoms with Gasteiger partial charge in [-0.05, 0) is 54.6 Å². The van der Waals surface area contributed by atoms with Gasteiger partial charge in [0.1, 0.15) is 5.52 Å². The average Bonchev–Trinajstić information content (AvgIpc) is 3.12. The van der Waals surface area contributed by atoms with E-state index in [1.165, 1.54) is 6.92 Å². The molecule has 2 amide bonds. The number of aromatic nitrogens is 1. The van der Waals surface area contributed by atoms with Crippen LogP contribution >= 0.6 is 0 Å². The Balaban J connectivity index is 1.50. The largest absolute Gasteiger partial charge is 0.436 e. The normalized spacial score (nSPS) is 10.6. The second-order valence-electron chi connectivity index (χ2n) is 6.28. The first-order valence-corrected chi connectivity index (χ1v) is 8.73. The molecular formula is C22H17N3O3. The number of carbonyl (C=O) groups is 2. The van der Waals surface area contributed by atoms with Gasteiger partial charge in [-0.25, -0.2) is 4.98 Å². The van der Waals surface area contributed by atoms with Crippen molar-refractivity contribution in [2.75, 3.05) is 10.6 Å². The number of hydrogen-bond donors (Lipinski definition) is 2. The number of nitrogens with one attached hydrogen (secondary N) is 2. The summed E-state index contributed by atoms with van der Waals surface area (Å²) in [5.41, 5.74) is 4.03. The molecular weight excluding hydrogens is 354 g/mol. The summed E-state index contributed by atoms with van der Waals surface area (Å²) in [6.45, 7) is 1.42. The second-order valence-corrected chi connectivity index (χ2v) is 6.28. The Hall–Kier alpha value is -3.93. The predicted octanol–water partition coefficient (Wildman–Crippen LogP) is 4.71. The molecule has 0 spiro atoms. The van der Waals surface area contributed by atoms with E-state index in [2.05, 4.69) is 15.6 Å². The number of amides is 2. The van der Waals surface area contributed by atoms with Crippen LogP contribution in [0.5, 0.6) is 0 Å². The van der Waals surface area contributed by atoms with E-state index in [-0.39, 0.29) is 11.8 Å². The number of fused-ring (bicyclic) bond motifs is 1. The quantitative estimate of drug-likeness (QED) is 0.544. The molecule has 3 aromatic carbocycles. The highest BCUT2D eigenvalue weighted by molar-refractivity contribution is 6.05. The van der Waals surface area contributed by atoms with Crippen molar-refractivity contribution in [1.29, 1.82) is 0 Å². The van der Waals surface area contributed by atoms with Crippen molar-refractivity contribution in [3.05, 3.63) is 78.4 Å². The SMILES string of the molecule is CC(=O)Nc1cccc(C(=O)Nc2ccc(-c3nc4ccccc4o3)cc2)c1. The standard InChI is InChI=1S/C22H17N3O3/c1-14(26)23-18-6-4-5-16(13-18)21(27)24-17-11-9-15(10-12-17)22-25-19-7-2-3-8-20(19)28-22/h2-13H,1H3,(H,23,26)(H,24,27). The first-order chi connectivity index (χ1) is 13.6. The molecule has 0 saturated carbocycles. The van der Waals surface area contributed by atoms with Crippen LogP contribution in [0.1, 0.15) is 17.3 Å². The van der Waals surface area contributed by atoms with Gasteiger partial charge in [-0.1, -0.05) is 18.2 Å². The van der Waals surface area contributed by atoms with Crippen LogP contribution in [0.4, 0.5) is 11.4 Å². The number of rotatable bonds is 4. The highest BCUT2D eigenvalue weighted by atomic mass is 16.3. The number of nitrogens with zero attached hydrogens (tertiary/aromatic N) is 1. The molecule has 0 aliphatic heterocycles. The molecule has 0 unspecified atom stereocenters. The van der Waals surface area contributed by atoms with Crippen molar-refractivity contribution in [2.45, 2.75) is 6.92 Å². The smallest absolute Gasteiger partial charge is 0.255 e. The topological polar surface area (TPSA) is 84.2 Å². The molecule has 0 fully saturated rings. The van der Waals surface area contributed by atoms with Crippen molar-refractivity contribution in [1.82, 2.24) is 4.98 Å². The average molecular weight is 371 g/mol. The van der Waals surface area contributed by atoms with Crippen molar-refractivity contribution >= 4 is 34.3 Å². The Morgan fingerprint density at radius 1 is 0.857 bits per heavy atom. The van der Waals surface area contributed by atoms with Crippen LogP contribution in [0.25, 0.3) is 22.6 Å². The molecule has 28 heavy (non-hydrogen) atoms. The van der Waals surface area contributed by atoms with E-state index in [9.17, 15) is 9.59 Å². The summed E-state index contributed by atoms with van der Waals surface area (Å²) in [4.78, 5) is 28.1. The van der Waals surface area contributed by atoms with Crippen LogP contribution in [0.2, 0.25) is 0 Å². The maximum Gasteiger partial charge on any atom is 0.255 e. The van der Waals surface area contributed by atoms with Crippen LogP contribution in [0.3, 0.4) is 0 Å². The predicted molar refractivity (Wildman–Crippen MR) is 108 cm³/mol. The number of benzene rings is 3. The summed E-state index contributed by atoms with van der Waals surface area (Å²) < 4.78 is 5.76. The first-order valence-electron chi connectivity index (χ1n) is 8.73. The highest BCUT2D eigenvalue weighted by Gasteiger charge is 2.10. The zero-order valence-electron chi connectivity index (χ0n) is 15.1. The molecule has 0 aliphatic rings. The summed E-state index contributed by atoms with van der Waals surface area (Å²) in [6.07, 6.45) is 0. The lowest BCUT2D eigenvalue weighted by molar-refractivity contribution is -0.114. The molecule has 0 saturated heterocycles. The first kappa shape index (κ1) is 17.5. The van der Waals surface area contributed by atoms with Crippen LogP contribution in [-0.4, -0.2) is 16.8 Å². The fraction of sp³-hybridized carbons (Fsp3) is 0.0455. The van der Waals surface area contributed by atoms with Gasteiger partial charge in [0, 0.05) is 29.4 Å². The number of oxazole rings is 1. The van der Waals surface area contributed by atoms with Gasteiger partial charge in [0.15, 0.2) is 5.58 Å². The molecule has 1 aromatic heterocycles.